The van der Waals surface area contributed by atoms with Gasteiger partial charge in [0.05, 0.1) is 0 Å². The van der Waals surface area contributed by atoms with Crippen LogP contribution >= 0.6 is 0 Å². The normalized spacial score (nSPS) is 12.8. The van der Waals surface area contributed by atoms with E-state index in [4.69, 9.17) is 27.1 Å². The summed E-state index contributed by atoms with van der Waals surface area (Å²) in [7, 11) is 0. The fourth-order valence-corrected chi connectivity index (χ4v) is 0.270. The third-order valence-corrected chi connectivity index (χ3v) is 0.805. The number of hydrogen-bond acceptors (Lipinski definition) is 6. The number of aliphatic hydroxyl groups excluding tert-OH is 2. The zero-order chi connectivity index (χ0) is 11.0. The van der Waals surface area contributed by atoms with Crippen molar-refractivity contribution in [2.24, 2.45) is 0 Å². The molecule has 0 aliphatic heterocycles. The summed E-state index contributed by atoms with van der Waals surface area (Å²) in [6.45, 7) is 0. The van der Waals surface area contributed by atoms with E-state index < -0.39 is 43.2 Å². The van der Waals surface area contributed by atoms with Crippen LogP contribution in [0, 0.1) is 0 Å². The van der Waals surface area contributed by atoms with Crippen LogP contribution < -0.4 is 0 Å². The average molecular weight is 230 g/mol. The Labute approximate surface area is 80.4 Å². The molecule has 0 aromatic rings. The molecular weight excluding hydrogens is 224 g/mol. The molecule has 0 heterocycles. The SMILES string of the molecule is O=C(O)C(O)C(O)C(=O)O.[O]=[Ti]=[O]. The molecule has 0 aliphatic rings. The van der Waals surface area contributed by atoms with E-state index >= 15 is 0 Å². The maximum absolute atomic E-state index is 9.77. The van der Waals surface area contributed by atoms with Gasteiger partial charge in [-0.1, -0.05) is 0 Å². The van der Waals surface area contributed by atoms with Crippen LogP contribution in [0.3, 0.4) is 0 Å². The van der Waals surface area contributed by atoms with Crippen molar-refractivity contribution in [2.75, 3.05) is 0 Å². The van der Waals surface area contributed by atoms with Crippen molar-refractivity contribution >= 4 is 11.9 Å². The first-order valence-electron chi connectivity index (χ1n) is 2.69. The summed E-state index contributed by atoms with van der Waals surface area (Å²) < 4.78 is 17.0. The number of aliphatic hydroxyl groups is 2. The molecule has 0 aliphatic carbocycles. The van der Waals surface area contributed by atoms with E-state index in [-0.39, 0.29) is 0 Å². The third-order valence-electron chi connectivity index (χ3n) is 0.805. The molecule has 0 spiro atoms. The summed E-state index contributed by atoms with van der Waals surface area (Å²) in [4.78, 5) is 19.5. The summed E-state index contributed by atoms with van der Waals surface area (Å²) in [6.07, 6.45) is -4.53. The molecule has 13 heavy (non-hydrogen) atoms. The van der Waals surface area contributed by atoms with Crippen LogP contribution in [0.4, 0.5) is 0 Å². The first-order valence-corrected chi connectivity index (χ1v) is 3.97. The van der Waals surface area contributed by atoms with Gasteiger partial charge in [0.15, 0.2) is 12.2 Å². The van der Waals surface area contributed by atoms with Gasteiger partial charge in [-0.15, -0.1) is 0 Å². The Bertz CT molecular complexity index is 200. The molecule has 9 heteroatoms. The fourth-order valence-electron chi connectivity index (χ4n) is 0.270. The quantitative estimate of drug-likeness (QED) is 0.393. The Morgan fingerprint density at radius 1 is 0.923 bits per heavy atom. The molecule has 0 rings (SSSR count). The van der Waals surface area contributed by atoms with Crippen molar-refractivity contribution in [2.45, 2.75) is 12.2 Å². The monoisotopic (exact) mass is 230 g/mol. The number of rotatable bonds is 3. The predicted octanol–water partition coefficient (Wildman–Crippen LogP) is -2.36. The van der Waals surface area contributed by atoms with Gasteiger partial charge in [0.1, 0.15) is 0 Å². The van der Waals surface area contributed by atoms with Gasteiger partial charge in [0.2, 0.25) is 0 Å². The van der Waals surface area contributed by atoms with Crippen LogP contribution in [0.25, 0.3) is 0 Å². The third kappa shape index (κ3) is 7.53. The van der Waals surface area contributed by atoms with Crippen molar-refractivity contribution in [3.8, 4) is 0 Å². The van der Waals surface area contributed by atoms with Crippen LogP contribution in [0.1, 0.15) is 0 Å². The summed E-state index contributed by atoms with van der Waals surface area (Å²) in [5, 5.41) is 32.5. The van der Waals surface area contributed by atoms with Crippen LogP contribution in [0.5, 0.6) is 0 Å². The van der Waals surface area contributed by atoms with Gasteiger partial charge < -0.3 is 20.4 Å². The first kappa shape index (κ1) is 14.7. The predicted molar refractivity (Wildman–Crippen MR) is 28.7 cm³/mol. The molecule has 0 radical (unpaired) electrons. The van der Waals surface area contributed by atoms with Gasteiger partial charge in [-0.05, 0) is 0 Å². The minimum absolute atomic E-state index is 1.77. The molecule has 0 saturated heterocycles. The molecule has 0 saturated carbocycles. The van der Waals surface area contributed by atoms with Crippen molar-refractivity contribution in [1.29, 1.82) is 0 Å². The van der Waals surface area contributed by atoms with Gasteiger partial charge in [0.25, 0.3) is 0 Å². The Morgan fingerprint density at radius 3 is 1.15 bits per heavy atom. The number of carboxylic acid groups (broad SMARTS) is 2. The second kappa shape index (κ2) is 7.80. The Hall–Kier alpha value is -0.826. The van der Waals surface area contributed by atoms with Crippen molar-refractivity contribution in [3.05, 3.63) is 0 Å². The summed E-state index contributed by atoms with van der Waals surface area (Å²) in [5.41, 5.74) is 0. The van der Waals surface area contributed by atoms with E-state index in [1.54, 1.807) is 0 Å². The Kier molecular flexibility index (Phi) is 8.82. The van der Waals surface area contributed by atoms with Gasteiger partial charge >= 0.3 is 37.7 Å². The molecule has 0 fully saturated rings. The van der Waals surface area contributed by atoms with E-state index in [1.165, 1.54) is 0 Å². The van der Waals surface area contributed by atoms with Crippen LogP contribution in [-0.2, 0) is 35.3 Å². The Morgan fingerprint density at radius 2 is 1.08 bits per heavy atom. The molecule has 8 nitrogen and oxygen atoms in total. The van der Waals surface area contributed by atoms with Crippen molar-refractivity contribution in [1.82, 2.24) is 0 Å². The van der Waals surface area contributed by atoms with E-state index in [0.29, 0.717) is 0 Å². The van der Waals surface area contributed by atoms with E-state index in [0.717, 1.165) is 0 Å². The van der Waals surface area contributed by atoms with E-state index in [1.807, 2.05) is 0 Å². The Balaban J connectivity index is 0. The fraction of sp³-hybridized carbons (Fsp3) is 0.500. The summed E-state index contributed by atoms with van der Waals surface area (Å²) in [6, 6.07) is 0. The standard InChI is InChI=1S/C4H6O6.2O.Ti/c5-1(3(7)8)2(6)4(9)10;;;/h1-2,5-6H,(H,7,8)(H,9,10);;;. The maximum atomic E-state index is 9.77. The van der Waals surface area contributed by atoms with Gasteiger partial charge in [-0.25, -0.2) is 9.59 Å². The average Bonchev–Trinajstić information content (AvgIpc) is 2.03. The van der Waals surface area contributed by atoms with Gasteiger partial charge in [-0.3, -0.25) is 0 Å². The molecule has 0 amide bonds. The van der Waals surface area contributed by atoms with Crippen LogP contribution in [0.15, 0.2) is 0 Å². The van der Waals surface area contributed by atoms with Crippen molar-refractivity contribution in [3.63, 3.8) is 0 Å². The topological polar surface area (TPSA) is 149 Å². The molecule has 0 aromatic carbocycles. The number of aliphatic carboxylic acids is 2. The second-order valence-electron chi connectivity index (χ2n) is 1.65. The molecule has 2 atom stereocenters. The second-order valence-corrected chi connectivity index (χ2v) is 1.91. The number of carbonyl (C=O) groups is 2. The first-order chi connectivity index (χ1) is 5.88. The van der Waals surface area contributed by atoms with E-state index in [9.17, 15) is 9.59 Å². The molecule has 74 valence electrons. The number of hydrogen-bond donors (Lipinski definition) is 4. The van der Waals surface area contributed by atoms with Crippen molar-refractivity contribution < 1.29 is 55.8 Å². The van der Waals surface area contributed by atoms with Gasteiger partial charge in [0, 0.05) is 0 Å². The zero-order valence-corrected chi connectivity index (χ0v) is 7.64. The summed E-state index contributed by atoms with van der Waals surface area (Å²) >= 11 is -2.00. The molecule has 2 unspecified atom stereocenters. The van der Waals surface area contributed by atoms with Gasteiger partial charge in [-0.2, -0.15) is 0 Å². The number of carboxylic acids is 2. The molecule has 0 bridgehead atoms. The zero-order valence-electron chi connectivity index (χ0n) is 6.08. The van der Waals surface area contributed by atoms with Crippen LogP contribution in [0.2, 0.25) is 0 Å². The summed E-state index contributed by atoms with van der Waals surface area (Å²) in [5.74, 6) is -3.54. The van der Waals surface area contributed by atoms with E-state index in [2.05, 4.69) is 0 Å². The van der Waals surface area contributed by atoms with Crippen LogP contribution in [-0.4, -0.2) is 44.6 Å². The minimum atomic E-state index is -2.27. The molecule has 4 N–H and O–H groups in total. The molecule has 0 aromatic heterocycles. The molecular formula is C4H6O8Ti.